The monoisotopic (exact) mass is 561 g/mol. The van der Waals surface area contributed by atoms with Gasteiger partial charge in [-0.05, 0) is 48.4 Å². The van der Waals surface area contributed by atoms with E-state index in [0.717, 1.165) is 18.2 Å². The lowest BCUT2D eigenvalue weighted by Crippen LogP contribution is -2.33. The topological polar surface area (TPSA) is 51.2 Å². The fourth-order valence-corrected chi connectivity index (χ4v) is 3.68. The third-order valence-electron chi connectivity index (χ3n) is 5.29. The maximum absolute atomic E-state index is 13.4. The largest absolute Gasteiger partial charge is 0.573 e. The lowest BCUT2D eigenvalue weighted by Gasteiger charge is -2.28. The molecule has 0 saturated heterocycles. The second-order valence-electron chi connectivity index (χ2n) is 8.56. The molecule has 0 fully saturated rings. The Bertz CT molecular complexity index is 1210. The summed E-state index contributed by atoms with van der Waals surface area (Å²) in [5, 5.41) is 10.5. The molecule has 0 aliphatic carbocycles. The molecule has 0 aromatic heterocycles. The van der Waals surface area contributed by atoms with E-state index in [4.69, 9.17) is 4.74 Å². The van der Waals surface area contributed by atoms with Gasteiger partial charge in [-0.15, -0.1) is 13.2 Å². The summed E-state index contributed by atoms with van der Waals surface area (Å²) in [6.07, 6.45) is -13.1. The van der Waals surface area contributed by atoms with Gasteiger partial charge < -0.3 is 24.2 Å². The number of hydrogen-bond acceptors (Lipinski definition) is 5. The van der Waals surface area contributed by atoms with E-state index in [1.54, 1.807) is 35.2 Å². The zero-order chi connectivity index (χ0) is 28.6. The van der Waals surface area contributed by atoms with Crippen LogP contribution in [0.3, 0.4) is 0 Å². The quantitative estimate of drug-likeness (QED) is 0.216. The van der Waals surface area contributed by atoms with Gasteiger partial charge in [-0.2, -0.15) is 17.6 Å². The summed E-state index contributed by atoms with van der Waals surface area (Å²) >= 11 is 0. The molecular formula is C27H26F7NO4. The maximum Gasteiger partial charge on any atom is 0.573 e. The lowest BCUT2D eigenvalue weighted by molar-refractivity contribution is -0.274. The molecule has 0 amide bonds. The first-order chi connectivity index (χ1) is 18.3. The smallest absolute Gasteiger partial charge is 0.457 e. The van der Waals surface area contributed by atoms with Crippen molar-refractivity contribution in [2.75, 3.05) is 11.4 Å². The third-order valence-corrected chi connectivity index (χ3v) is 5.29. The molecule has 12 heteroatoms. The number of nitrogens with zero attached hydrogens (tertiary/aromatic N) is 1. The maximum atomic E-state index is 13.4. The standard InChI is InChI=1S/C27H26F7NO4/c1-2-6-20(36)17-35(16-18-7-3-11-23(13-18)38-26(30,31)25(28)29)19-8-4-9-21(14-19)37-22-10-5-12-24(15-22)39-27(32,33)34/h3-5,7-15,20,25,36H,2,6,16-17H2,1H3. The minimum Gasteiger partial charge on any atom is -0.457 e. The number of benzene rings is 3. The highest BCUT2D eigenvalue weighted by Gasteiger charge is 2.44. The van der Waals surface area contributed by atoms with Crippen LogP contribution in [0.1, 0.15) is 25.3 Å². The van der Waals surface area contributed by atoms with E-state index in [1.165, 1.54) is 24.3 Å². The zero-order valence-corrected chi connectivity index (χ0v) is 20.7. The molecule has 0 aliphatic rings. The third kappa shape index (κ3) is 9.54. The fourth-order valence-electron chi connectivity index (χ4n) is 3.68. The van der Waals surface area contributed by atoms with Crippen molar-refractivity contribution in [1.82, 2.24) is 0 Å². The Balaban J connectivity index is 1.84. The molecule has 1 unspecified atom stereocenters. The van der Waals surface area contributed by atoms with Crippen molar-refractivity contribution in [2.24, 2.45) is 0 Å². The van der Waals surface area contributed by atoms with Gasteiger partial charge in [0.05, 0.1) is 6.10 Å². The first-order valence-electron chi connectivity index (χ1n) is 11.9. The summed E-state index contributed by atoms with van der Waals surface area (Å²) in [6.45, 7) is 2.10. The van der Waals surface area contributed by atoms with Crippen LogP contribution in [0.5, 0.6) is 23.0 Å². The van der Waals surface area contributed by atoms with Gasteiger partial charge >= 0.3 is 18.9 Å². The second kappa shape index (κ2) is 12.9. The highest BCUT2D eigenvalue weighted by molar-refractivity contribution is 5.52. The second-order valence-corrected chi connectivity index (χ2v) is 8.56. The van der Waals surface area contributed by atoms with Crippen LogP contribution in [-0.4, -0.2) is 36.7 Å². The highest BCUT2D eigenvalue weighted by atomic mass is 19.4. The number of anilines is 1. The molecule has 3 rings (SSSR count). The SMILES string of the molecule is CCCC(O)CN(Cc1cccc(OC(F)(F)C(F)F)c1)c1cccc(Oc2cccc(OC(F)(F)F)c2)c1. The average molecular weight is 561 g/mol. The van der Waals surface area contributed by atoms with Gasteiger partial charge in [-0.25, -0.2) is 0 Å². The van der Waals surface area contributed by atoms with Crippen LogP contribution in [0.2, 0.25) is 0 Å². The van der Waals surface area contributed by atoms with Crippen LogP contribution < -0.4 is 19.1 Å². The molecule has 5 nitrogen and oxygen atoms in total. The summed E-state index contributed by atoms with van der Waals surface area (Å²) in [5.74, 6) is -0.568. The van der Waals surface area contributed by atoms with Crippen LogP contribution in [0.25, 0.3) is 0 Å². The van der Waals surface area contributed by atoms with Gasteiger partial charge in [0.15, 0.2) is 0 Å². The summed E-state index contributed by atoms with van der Waals surface area (Å²) in [5.41, 5.74) is 0.971. The minimum absolute atomic E-state index is 0.0799. The first-order valence-corrected chi connectivity index (χ1v) is 11.9. The number of aliphatic hydroxyl groups excluding tert-OH is 1. The lowest BCUT2D eigenvalue weighted by atomic mass is 10.1. The van der Waals surface area contributed by atoms with Crippen LogP contribution in [0.4, 0.5) is 36.4 Å². The molecule has 3 aromatic rings. The van der Waals surface area contributed by atoms with E-state index in [1.807, 2.05) is 6.92 Å². The Morgan fingerprint density at radius 3 is 2.03 bits per heavy atom. The van der Waals surface area contributed by atoms with Gasteiger partial charge in [-0.1, -0.05) is 37.6 Å². The Hall–Kier alpha value is -3.67. The average Bonchev–Trinajstić information content (AvgIpc) is 2.83. The van der Waals surface area contributed by atoms with Crippen molar-refractivity contribution in [3.8, 4) is 23.0 Å². The number of aliphatic hydroxyl groups is 1. The van der Waals surface area contributed by atoms with Gasteiger partial charge in [0.2, 0.25) is 0 Å². The molecule has 1 N–H and O–H groups in total. The zero-order valence-electron chi connectivity index (χ0n) is 20.7. The fraction of sp³-hybridized carbons (Fsp3) is 0.333. The molecule has 0 saturated carbocycles. The van der Waals surface area contributed by atoms with Crippen LogP contribution in [0.15, 0.2) is 72.8 Å². The Labute approximate surface area is 220 Å². The van der Waals surface area contributed by atoms with E-state index in [-0.39, 0.29) is 24.6 Å². The van der Waals surface area contributed by atoms with Crippen LogP contribution in [0, 0.1) is 0 Å². The van der Waals surface area contributed by atoms with Crippen molar-refractivity contribution in [3.63, 3.8) is 0 Å². The van der Waals surface area contributed by atoms with Gasteiger partial charge in [-0.3, -0.25) is 0 Å². The number of alkyl halides is 7. The number of rotatable bonds is 13. The number of halogens is 7. The number of hydrogen-bond donors (Lipinski definition) is 1. The molecule has 0 bridgehead atoms. The van der Waals surface area contributed by atoms with E-state index in [2.05, 4.69) is 9.47 Å². The summed E-state index contributed by atoms with van der Waals surface area (Å²) in [7, 11) is 0. The number of ether oxygens (including phenoxy) is 3. The van der Waals surface area contributed by atoms with E-state index in [9.17, 15) is 35.8 Å². The molecular weight excluding hydrogens is 535 g/mol. The van der Waals surface area contributed by atoms with Crippen molar-refractivity contribution < 1.29 is 50.1 Å². The predicted molar refractivity (Wildman–Crippen MR) is 130 cm³/mol. The molecule has 0 aliphatic heterocycles. The summed E-state index contributed by atoms with van der Waals surface area (Å²) in [4.78, 5) is 1.72. The van der Waals surface area contributed by atoms with E-state index in [0.29, 0.717) is 24.1 Å². The molecule has 39 heavy (non-hydrogen) atoms. The van der Waals surface area contributed by atoms with Crippen LogP contribution in [-0.2, 0) is 6.54 Å². The van der Waals surface area contributed by atoms with Crippen molar-refractivity contribution >= 4 is 5.69 Å². The van der Waals surface area contributed by atoms with Crippen molar-refractivity contribution in [3.05, 3.63) is 78.4 Å². The molecule has 0 heterocycles. The molecule has 0 spiro atoms. The Kier molecular flexibility index (Phi) is 9.90. The van der Waals surface area contributed by atoms with E-state index >= 15 is 0 Å². The van der Waals surface area contributed by atoms with Gasteiger partial charge in [0.1, 0.15) is 23.0 Å². The normalized spacial score (nSPS) is 12.8. The van der Waals surface area contributed by atoms with E-state index < -0.39 is 36.5 Å². The van der Waals surface area contributed by atoms with Crippen LogP contribution >= 0.6 is 0 Å². The highest BCUT2D eigenvalue weighted by Crippen LogP contribution is 2.32. The van der Waals surface area contributed by atoms with Gasteiger partial charge in [0.25, 0.3) is 0 Å². The Morgan fingerprint density at radius 2 is 1.38 bits per heavy atom. The van der Waals surface area contributed by atoms with Crippen molar-refractivity contribution in [2.45, 2.75) is 51.3 Å². The van der Waals surface area contributed by atoms with Gasteiger partial charge in [0, 0.05) is 30.9 Å². The molecule has 212 valence electrons. The van der Waals surface area contributed by atoms with Crippen molar-refractivity contribution in [1.29, 1.82) is 0 Å². The summed E-state index contributed by atoms with van der Waals surface area (Å²) < 4.78 is 103. The molecule has 0 radical (unpaired) electrons. The molecule has 1 atom stereocenters. The minimum atomic E-state index is -4.87. The Morgan fingerprint density at radius 1 is 0.795 bits per heavy atom. The summed E-state index contributed by atoms with van der Waals surface area (Å²) in [6, 6.07) is 16.7. The predicted octanol–water partition coefficient (Wildman–Crippen LogP) is 7.78. The molecule has 3 aromatic carbocycles. The first kappa shape index (κ1) is 29.9.